The molecule has 0 rings (SSSR count). The van der Waals surface area contributed by atoms with Gasteiger partial charge < -0.3 is 48.5 Å². The molecule has 0 aliphatic carbocycles. The largest absolute Gasteiger partial charge is 0.481 e. The molecule has 4 atom stereocenters. The number of nitrogens with two attached hydrogens (primary N) is 3. The summed E-state index contributed by atoms with van der Waals surface area (Å²) in [6, 6.07) is -5.10. The Morgan fingerprint density at radius 1 is 0.737 bits per heavy atom. The van der Waals surface area contributed by atoms with Crippen LogP contribution in [-0.2, 0) is 28.8 Å². The number of rotatable bonds is 19. The molecule has 16 nitrogen and oxygen atoms in total. The van der Waals surface area contributed by atoms with E-state index < -0.39 is 66.2 Å². The molecule has 0 aromatic heterocycles. The fraction of sp³-hybridized carbons (Fsp3) is 0.682. The highest BCUT2D eigenvalue weighted by atomic mass is 16.4. The molecule has 0 fully saturated rings. The summed E-state index contributed by atoms with van der Waals surface area (Å²) in [5.41, 5.74) is 16.3. The molecule has 4 unspecified atom stereocenters. The molecule has 0 aromatic carbocycles. The van der Waals surface area contributed by atoms with Crippen molar-refractivity contribution in [1.29, 1.82) is 0 Å². The van der Waals surface area contributed by atoms with E-state index in [1.807, 2.05) is 0 Å². The normalized spacial score (nSPS) is 13.9. The van der Waals surface area contributed by atoms with Gasteiger partial charge in [-0.05, 0) is 38.0 Å². The van der Waals surface area contributed by atoms with Crippen molar-refractivity contribution in [3.8, 4) is 0 Å². The Morgan fingerprint density at radius 2 is 1.24 bits per heavy atom. The molecule has 3 amide bonds. The van der Waals surface area contributed by atoms with Crippen LogP contribution in [0.15, 0.2) is 4.99 Å². The minimum absolute atomic E-state index is 0.0341. The van der Waals surface area contributed by atoms with Crippen LogP contribution in [0, 0.1) is 5.92 Å². The lowest BCUT2D eigenvalue weighted by Gasteiger charge is -2.26. The Morgan fingerprint density at radius 3 is 1.74 bits per heavy atom. The summed E-state index contributed by atoms with van der Waals surface area (Å²) in [7, 11) is 0. The van der Waals surface area contributed by atoms with Gasteiger partial charge in [0.15, 0.2) is 5.96 Å². The summed E-state index contributed by atoms with van der Waals surface area (Å²) in [5.74, 6) is -6.50. The van der Waals surface area contributed by atoms with Gasteiger partial charge in [0.2, 0.25) is 17.7 Å². The minimum atomic E-state index is -1.49. The molecule has 12 N–H and O–H groups in total. The van der Waals surface area contributed by atoms with E-state index in [1.165, 1.54) is 0 Å². The second kappa shape index (κ2) is 17.5. The molecule has 0 radical (unpaired) electrons. The lowest BCUT2D eigenvalue weighted by molar-refractivity contribution is -0.143. The van der Waals surface area contributed by atoms with Gasteiger partial charge in [0.05, 0.1) is 6.04 Å². The van der Waals surface area contributed by atoms with E-state index in [1.54, 1.807) is 13.8 Å². The highest BCUT2D eigenvalue weighted by Crippen LogP contribution is 2.09. The topological polar surface area (TPSA) is 290 Å². The van der Waals surface area contributed by atoms with E-state index >= 15 is 0 Å². The van der Waals surface area contributed by atoms with Gasteiger partial charge in [-0.1, -0.05) is 13.8 Å². The molecule has 0 saturated heterocycles. The summed E-state index contributed by atoms with van der Waals surface area (Å²) in [4.78, 5) is 75.3. The van der Waals surface area contributed by atoms with Gasteiger partial charge in [0.1, 0.15) is 18.1 Å². The predicted octanol–water partition coefficient (Wildman–Crippen LogP) is -2.32. The van der Waals surface area contributed by atoms with Crippen molar-refractivity contribution in [2.24, 2.45) is 28.1 Å². The molecule has 216 valence electrons. The first-order valence-corrected chi connectivity index (χ1v) is 12.0. The van der Waals surface area contributed by atoms with Crippen molar-refractivity contribution in [1.82, 2.24) is 16.0 Å². The lowest BCUT2D eigenvalue weighted by atomic mass is 10.0. The maximum absolute atomic E-state index is 13.1. The van der Waals surface area contributed by atoms with Gasteiger partial charge in [-0.25, -0.2) is 4.79 Å². The predicted molar refractivity (Wildman–Crippen MR) is 135 cm³/mol. The van der Waals surface area contributed by atoms with E-state index in [2.05, 4.69) is 20.9 Å². The van der Waals surface area contributed by atoms with Crippen LogP contribution < -0.4 is 33.2 Å². The molecule has 38 heavy (non-hydrogen) atoms. The van der Waals surface area contributed by atoms with E-state index in [0.717, 1.165) is 0 Å². The minimum Gasteiger partial charge on any atom is -0.481 e. The van der Waals surface area contributed by atoms with Crippen molar-refractivity contribution in [3.63, 3.8) is 0 Å². The molecule has 0 heterocycles. The van der Waals surface area contributed by atoms with Gasteiger partial charge in [0, 0.05) is 19.4 Å². The zero-order valence-electron chi connectivity index (χ0n) is 21.5. The van der Waals surface area contributed by atoms with Gasteiger partial charge in [-0.2, -0.15) is 0 Å². The van der Waals surface area contributed by atoms with Crippen LogP contribution in [0.25, 0.3) is 0 Å². The van der Waals surface area contributed by atoms with Crippen molar-refractivity contribution in [3.05, 3.63) is 0 Å². The number of nitrogens with zero attached hydrogens (tertiary/aromatic N) is 1. The SMILES string of the molecule is CC(C)CC(NC(=O)C(CCCN=C(N)N)NC(=O)C(N)CCC(=O)O)C(=O)NC(CCC(=O)O)C(=O)O. The van der Waals surface area contributed by atoms with Gasteiger partial charge in [-0.15, -0.1) is 0 Å². The van der Waals surface area contributed by atoms with Crippen molar-refractivity contribution in [2.45, 2.75) is 83.0 Å². The number of amides is 3. The molecule has 16 heteroatoms. The highest BCUT2D eigenvalue weighted by molar-refractivity contribution is 5.94. The van der Waals surface area contributed by atoms with Crippen LogP contribution in [0.1, 0.15) is 58.8 Å². The quantitative estimate of drug-likeness (QED) is 0.0469. The highest BCUT2D eigenvalue weighted by Gasteiger charge is 2.31. The number of carbonyl (C=O) groups is 6. The third kappa shape index (κ3) is 15.2. The summed E-state index contributed by atoms with van der Waals surface area (Å²) in [6.45, 7) is 3.66. The zero-order chi connectivity index (χ0) is 29.4. The Labute approximate surface area is 219 Å². The van der Waals surface area contributed by atoms with Crippen LogP contribution in [0.5, 0.6) is 0 Å². The standard InChI is InChI=1S/C22H39N7O9/c1-11(2)10-15(20(36)28-14(21(37)38)6-8-17(32)33)29-19(35)13(4-3-9-26-22(24)25)27-18(34)12(23)5-7-16(30)31/h11-15H,3-10,23H2,1-2H3,(H,27,34)(H,28,36)(H,29,35)(H,30,31)(H,32,33)(H,37,38)(H4,24,25,26). The van der Waals surface area contributed by atoms with Crippen molar-refractivity contribution < 1.29 is 44.1 Å². The number of nitrogens with one attached hydrogen (secondary N) is 3. The fourth-order valence-electron chi connectivity index (χ4n) is 3.23. The first-order valence-electron chi connectivity index (χ1n) is 12.0. The number of carbonyl (C=O) groups excluding carboxylic acids is 3. The van der Waals surface area contributed by atoms with Crippen LogP contribution >= 0.6 is 0 Å². The molecular formula is C22H39N7O9. The number of aliphatic carboxylic acids is 3. The first-order chi connectivity index (χ1) is 17.6. The van der Waals surface area contributed by atoms with Crippen LogP contribution in [0.2, 0.25) is 0 Å². The van der Waals surface area contributed by atoms with E-state index in [-0.39, 0.29) is 56.9 Å². The zero-order valence-corrected chi connectivity index (χ0v) is 21.5. The average Bonchev–Trinajstić information content (AvgIpc) is 2.80. The summed E-state index contributed by atoms with van der Waals surface area (Å²) in [6.07, 6.45) is -1.01. The molecule has 0 bridgehead atoms. The summed E-state index contributed by atoms with van der Waals surface area (Å²) >= 11 is 0. The maximum atomic E-state index is 13.1. The van der Waals surface area contributed by atoms with Crippen LogP contribution in [0.3, 0.4) is 0 Å². The number of carboxylic acid groups (broad SMARTS) is 3. The third-order valence-electron chi connectivity index (χ3n) is 5.19. The van der Waals surface area contributed by atoms with E-state index in [9.17, 15) is 33.9 Å². The molecule has 0 saturated carbocycles. The van der Waals surface area contributed by atoms with Gasteiger partial charge in [0.25, 0.3) is 0 Å². The van der Waals surface area contributed by atoms with Crippen LogP contribution in [0.4, 0.5) is 0 Å². The molecule has 0 aliphatic heterocycles. The average molecular weight is 546 g/mol. The van der Waals surface area contributed by atoms with E-state index in [0.29, 0.717) is 0 Å². The van der Waals surface area contributed by atoms with E-state index in [4.69, 9.17) is 27.4 Å². The Kier molecular flexibility index (Phi) is 15.7. The molecular weight excluding hydrogens is 506 g/mol. The summed E-state index contributed by atoms with van der Waals surface area (Å²) < 4.78 is 0. The smallest absolute Gasteiger partial charge is 0.326 e. The molecule has 0 spiro atoms. The first kappa shape index (κ1) is 34.0. The Hall–Kier alpha value is -3.95. The second-order valence-corrected chi connectivity index (χ2v) is 9.07. The monoisotopic (exact) mass is 545 g/mol. The number of guanidine groups is 1. The number of aliphatic imine (C=N–C) groups is 1. The Balaban J connectivity index is 5.63. The van der Waals surface area contributed by atoms with Gasteiger partial charge >= 0.3 is 17.9 Å². The number of hydrogen-bond acceptors (Lipinski definition) is 8. The summed E-state index contributed by atoms with van der Waals surface area (Å²) in [5, 5.41) is 34.2. The number of carboxylic acids is 3. The third-order valence-corrected chi connectivity index (χ3v) is 5.19. The van der Waals surface area contributed by atoms with Crippen molar-refractivity contribution in [2.75, 3.05) is 6.54 Å². The lowest BCUT2D eigenvalue weighted by Crippen LogP contribution is -2.57. The maximum Gasteiger partial charge on any atom is 0.326 e. The van der Waals surface area contributed by atoms with Crippen LogP contribution in [-0.4, -0.2) is 87.6 Å². The molecule has 0 aromatic rings. The van der Waals surface area contributed by atoms with Gasteiger partial charge in [-0.3, -0.25) is 29.0 Å². The molecule has 0 aliphatic rings. The number of hydrogen-bond donors (Lipinski definition) is 9. The second-order valence-electron chi connectivity index (χ2n) is 9.07. The fourth-order valence-corrected chi connectivity index (χ4v) is 3.23. The Bertz CT molecular complexity index is 875. The van der Waals surface area contributed by atoms with Crippen molar-refractivity contribution >= 4 is 41.6 Å².